The number of allylic oxidation sites excluding steroid dienone is 1. The first kappa shape index (κ1) is 15.8. The van der Waals surface area contributed by atoms with E-state index in [1.165, 1.54) is 0 Å². The van der Waals surface area contributed by atoms with Gasteiger partial charge in [-0.25, -0.2) is 0 Å². The fraction of sp³-hybridized carbons (Fsp3) is 0.667. The predicted octanol–water partition coefficient (Wildman–Crippen LogP) is 3.71. The molecule has 0 N–H and O–H groups in total. The Morgan fingerprint density at radius 3 is 2.53 bits per heavy atom. The van der Waals surface area contributed by atoms with E-state index >= 15 is 0 Å². The predicted molar refractivity (Wildman–Crippen MR) is 71.5 cm³/mol. The van der Waals surface area contributed by atoms with Crippen LogP contribution in [0.4, 0.5) is 0 Å². The maximum atomic E-state index is 11.5. The van der Waals surface area contributed by atoms with Crippen molar-refractivity contribution in [2.45, 2.75) is 59.5 Å². The lowest BCUT2D eigenvalue weighted by Crippen LogP contribution is -2.18. The zero-order valence-corrected chi connectivity index (χ0v) is 11.5. The lowest BCUT2D eigenvalue weighted by atomic mass is 10.1. The third kappa shape index (κ3) is 9.68. The minimum atomic E-state index is -0.295. The number of hydrogen-bond acceptors (Lipinski definition) is 2. The van der Waals surface area contributed by atoms with Crippen molar-refractivity contribution in [2.24, 2.45) is 5.92 Å². The molecule has 0 aromatic carbocycles. The summed E-state index contributed by atoms with van der Waals surface area (Å²) >= 11 is 0. The van der Waals surface area contributed by atoms with E-state index in [-0.39, 0.29) is 12.1 Å². The Labute approximate surface area is 105 Å². The molecule has 0 spiro atoms. The molecule has 1 atom stereocenters. The summed E-state index contributed by atoms with van der Waals surface area (Å²) < 4.78 is 5.36. The van der Waals surface area contributed by atoms with Crippen LogP contribution in [0.15, 0.2) is 12.2 Å². The van der Waals surface area contributed by atoms with Crippen molar-refractivity contribution >= 4 is 5.97 Å². The zero-order valence-electron chi connectivity index (χ0n) is 11.5. The van der Waals surface area contributed by atoms with Crippen molar-refractivity contribution in [3.05, 3.63) is 12.2 Å². The minimum absolute atomic E-state index is 0.145. The largest absolute Gasteiger partial charge is 0.449 e. The number of carbonyl (C=O) groups is 1. The number of ether oxygens (including phenoxy) is 1. The van der Waals surface area contributed by atoms with Crippen LogP contribution in [0.2, 0.25) is 0 Å². The third-order valence-electron chi connectivity index (χ3n) is 2.14. The van der Waals surface area contributed by atoms with Gasteiger partial charge in [-0.15, -0.1) is 0 Å². The second-order valence-electron chi connectivity index (χ2n) is 4.76. The van der Waals surface area contributed by atoms with Crippen molar-refractivity contribution in [2.75, 3.05) is 0 Å². The monoisotopic (exact) mass is 236 g/mol. The minimum Gasteiger partial charge on any atom is -0.449 e. The molecule has 0 radical (unpaired) electrons. The van der Waals surface area contributed by atoms with Crippen LogP contribution in [-0.4, -0.2) is 12.1 Å². The van der Waals surface area contributed by atoms with Gasteiger partial charge in [-0.2, -0.15) is 0 Å². The molecule has 0 aromatic heterocycles. The second kappa shape index (κ2) is 8.87. The van der Waals surface area contributed by atoms with Crippen molar-refractivity contribution in [1.29, 1.82) is 0 Å². The molecular formula is C15H24O2. The molecule has 96 valence electrons. The maximum Gasteiger partial charge on any atom is 0.307 e. The van der Waals surface area contributed by atoms with Gasteiger partial charge in [-0.1, -0.05) is 45.6 Å². The van der Waals surface area contributed by atoms with E-state index in [2.05, 4.69) is 39.2 Å². The molecule has 0 heterocycles. The summed E-state index contributed by atoms with van der Waals surface area (Å²) in [6, 6.07) is 0. The van der Waals surface area contributed by atoms with Crippen LogP contribution >= 0.6 is 0 Å². The number of esters is 1. The molecule has 0 saturated heterocycles. The Morgan fingerprint density at radius 2 is 2.06 bits per heavy atom. The fourth-order valence-electron chi connectivity index (χ4n) is 1.31. The number of hydrogen-bond donors (Lipinski definition) is 0. The molecule has 0 aliphatic rings. The first-order chi connectivity index (χ1) is 7.95. The van der Waals surface area contributed by atoms with Crippen LogP contribution in [0.1, 0.15) is 53.4 Å². The van der Waals surface area contributed by atoms with Crippen LogP contribution in [-0.2, 0) is 9.53 Å². The molecule has 0 aliphatic carbocycles. The highest BCUT2D eigenvalue weighted by Crippen LogP contribution is 2.10. The molecular weight excluding hydrogens is 212 g/mol. The smallest absolute Gasteiger partial charge is 0.307 e. The number of rotatable bonds is 6. The van der Waals surface area contributed by atoms with E-state index in [4.69, 9.17) is 4.74 Å². The molecule has 0 fully saturated rings. The summed E-state index contributed by atoms with van der Waals surface area (Å²) in [7, 11) is 0. The average Bonchev–Trinajstić information content (AvgIpc) is 2.22. The standard InChI is InChI=1S/C15H24O2/c1-6-7-8-15(16)17-14(11-13(4)5)10-9-12(2)3/h13-14H,2,6-8,11H2,1,3-5H3. The number of unbranched alkanes of at least 4 members (excludes halogenated alkanes) is 1. The highest BCUT2D eigenvalue weighted by molar-refractivity contribution is 5.69. The van der Waals surface area contributed by atoms with E-state index in [1.54, 1.807) is 0 Å². The second-order valence-corrected chi connectivity index (χ2v) is 4.76. The normalized spacial score (nSPS) is 11.6. The molecule has 1 unspecified atom stereocenters. The van der Waals surface area contributed by atoms with Crippen LogP contribution in [0.25, 0.3) is 0 Å². The molecule has 0 saturated carbocycles. The van der Waals surface area contributed by atoms with Crippen molar-refractivity contribution in [3.8, 4) is 11.8 Å². The van der Waals surface area contributed by atoms with Gasteiger partial charge in [0.05, 0.1) is 0 Å². The maximum absolute atomic E-state index is 11.5. The highest BCUT2D eigenvalue weighted by Gasteiger charge is 2.13. The van der Waals surface area contributed by atoms with Gasteiger partial charge in [0.15, 0.2) is 6.10 Å². The Kier molecular flexibility index (Phi) is 8.23. The lowest BCUT2D eigenvalue weighted by Gasteiger charge is -2.14. The SMILES string of the molecule is C=C(C)C#CC(CC(C)C)OC(=O)CCCC. The molecule has 17 heavy (non-hydrogen) atoms. The molecule has 0 amide bonds. The summed E-state index contributed by atoms with van der Waals surface area (Å²) in [5.74, 6) is 6.17. The molecule has 0 aromatic rings. The van der Waals surface area contributed by atoms with Gasteiger partial charge in [-0.3, -0.25) is 4.79 Å². The van der Waals surface area contributed by atoms with Crippen LogP contribution in [0, 0.1) is 17.8 Å². The summed E-state index contributed by atoms with van der Waals surface area (Å²) in [6.45, 7) is 11.8. The molecule has 0 aliphatic heterocycles. The Bertz CT molecular complexity index is 305. The summed E-state index contributed by atoms with van der Waals surface area (Å²) in [5, 5.41) is 0. The Morgan fingerprint density at radius 1 is 1.41 bits per heavy atom. The van der Waals surface area contributed by atoms with Gasteiger partial charge in [-0.05, 0) is 31.3 Å². The first-order valence-electron chi connectivity index (χ1n) is 6.32. The quantitative estimate of drug-likeness (QED) is 0.519. The van der Waals surface area contributed by atoms with Gasteiger partial charge in [0.25, 0.3) is 0 Å². The van der Waals surface area contributed by atoms with Gasteiger partial charge in [0.2, 0.25) is 0 Å². The van der Waals surface area contributed by atoms with E-state index in [0.717, 1.165) is 24.8 Å². The zero-order chi connectivity index (χ0) is 13.3. The van der Waals surface area contributed by atoms with Crippen molar-refractivity contribution in [3.63, 3.8) is 0 Å². The topological polar surface area (TPSA) is 26.3 Å². The van der Waals surface area contributed by atoms with E-state index in [0.29, 0.717) is 12.3 Å². The molecule has 0 rings (SSSR count). The summed E-state index contributed by atoms with van der Waals surface area (Å²) in [6.07, 6.45) is 2.84. The highest BCUT2D eigenvalue weighted by atomic mass is 16.5. The summed E-state index contributed by atoms with van der Waals surface area (Å²) in [4.78, 5) is 11.5. The van der Waals surface area contributed by atoms with Crippen LogP contribution in [0.5, 0.6) is 0 Å². The fourth-order valence-corrected chi connectivity index (χ4v) is 1.31. The summed E-state index contributed by atoms with van der Waals surface area (Å²) in [5.41, 5.74) is 0.795. The Balaban J connectivity index is 4.34. The number of carbonyl (C=O) groups excluding carboxylic acids is 1. The van der Waals surface area contributed by atoms with Crippen LogP contribution in [0.3, 0.4) is 0 Å². The van der Waals surface area contributed by atoms with E-state index < -0.39 is 0 Å². The van der Waals surface area contributed by atoms with Crippen molar-refractivity contribution < 1.29 is 9.53 Å². The van der Waals surface area contributed by atoms with Gasteiger partial charge in [0, 0.05) is 6.42 Å². The molecule has 2 nitrogen and oxygen atoms in total. The van der Waals surface area contributed by atoms with Crippen LogP contribution < -0.4 is 0 Å². The van der Waals surface area contributed by atoms with Gasteiger partial charge < -0.3 is 4.74 Å². The third-order valence-corrected chi connectivity index (χ3v) is 2.14. The molecule has 2 heteroatoms. The lowest BCUT2D eigenvalue weighted by molar-refractivity contribution is -0.147. The first-order valence-corrected chi connectivity index (χ1v) is 6.32. The van der Waals surface area contributed by atoms with Gasteiger partial charge >= 0.3 is 5.97 Å². The van der Waals surface area contributed by atoms with Crippen molar-refractivity contribution in [1.82, 2.24) is 0 Å². The van der Waals surface area contributed by atoms with Gasteiger partial charge in [0.1, 0.15) is 0 Å². The Hall–Kier alpha value is -1.23. The average molecular weight is 236 g/mol. The molecule has 0 bridgehead atoms. The van der Waals surface area contributed by atoms with E-state index in [9.17, 15) is 4.79 Å². The van der Waals surface area contributed by atoms with E-state index in [1.807, 2.05) is 6.92 Å².